The van der Waals surface area contributed by atoms with Gasteiger partial charge >= 0.3 is 0 Å². The lowest BCUT2D eigenvalue weighted by atomic mass is 9.91. The van der Waals surface area contributed by atoms with Crippen LogP contribution in [-0.4, -0.2) is 20.1 Å². The third-order valence-corrected chi connectivity index (χ3v) is 5.89. The van der Waals surface area contributed by atoms with Crippen molar-refractivity contribution in [1.29, 1.82) is 0 Å². The highest BCUT2D eigenvalue weighted by Crippen LogP contribution is 2.27. The van der Waals surface area contributed by atoms with Crippen LogP contribution in [0.15, 0.2) is 47.8 Å². The van der Waals surface area contributed by atoms with Crippen LogP contribution >= 0.6 is 11.3 Å². The number of aryl methyl sites for hydroxylation is 1. The second-order valence-corrected chi connectivity index (χ2v) is 8.38. The van der Waals surface area contributed by atoms with Gasteiger partial charge in [0.15, 0.2) is 0 Å². The summed E-state index contributed by atoms with van der Waals surface area (Å²) in [6.07, 6.45) is 0.378. The molecule has 1 amide bonds. The molecule has 0 aliphatic heterocycles. The van der Waals surface area contributed by atoms with Crippen molar-refractivity contribution in [1.82, 2.24) is 4.72 Å². The van der Waals surface area contributed by atoms with Gasteiger partial charge in [0.25, 0.3) is 0 Å². The summed E-state index contributed by atoms with van der Waals surface area (Å²) in [6, 6.07) is 13.0. The van der Waals surface area contributed by atoms with Gasteiger partial charge in [0, 0.05) is 4.88 Å². The van der Waals surface area contributed by atoms with Gasteiger partial charge in [-0.1, -0.05) is 36.4 Å². The molecule has 0 unspecified atom stereocenters. The Balaban J connectivity index is 2.01. The molecule has 2 aromatic rings. The second-order valence-electron chi connectivity index (χ2n) is 5.59. The zero-order valence-electron chi connectivity index (χ0n) is 12.6. The Morgan fingerprint density at radius 1 is 1.14 bits per heavy atom. The largest absolute Gasteiger partial charge is 0.273 e. The smallest absolute Gasteiger partial charge is 0.244 e. The van der Waals surface area contributed by atoms with Crippen LogP contribution in [0.2, 0.25) is 0 Å². The van der Waals surface area contributed by atoms with Gasteiger partial charge < -0.3 is 0 Å². The summed E-state index contributed by atoms with van der Waals surface area (Å²) in [6.45, 7) is 3.45. The zero-order valence-corrected chi connectivity index (χ0v) is 14.2. The molecule has 1 aromatic heterocycles. The van der Waals surface area contributed by atoms with E-state index in [1.54, 1.807) is 13.8 Å². The first-order chi connectivity index (χ1) is 10.3. The van der Waals surface area contributed by atoms with E-state index in [9.17, 15) is 13.2 Å². The third-order valence-electron chi connectivity index (χ3n) is 3.46. The number of nitrogens with one attached hydrogen (secondary N) is 1. The predicted molar refractivity (Wildman–Crippen MR) is 89.4 cm³/mol. The summed E-state index contributed by atoms with van der Waals surface area (Å²) in [7, 11) is -3.65. The van der Waals surface area contributed by atoms with Gasteiger partial charge in [-0.15, -0.1) is 11.3 Å². The van der Waals surface area contributed by atoms with Crippen molar-refractivity contribution < 1.29 is 13.2 Å². The van der Waals surface area contributed by atoms with E-state index in [2.05, 4.69) is 4.72 Å². The standard InChI is InChI=1S/C16H19NO3S2/c1-16(2,14-9-6-11-21-14)15(18)17-22(19,20)12-10-13-7-4-3-5-8-13/h3-9,11H,10,12H2,1-2H3,(H,17,18). The van der Waals surface area contributed by atoms with E-state index in [1.165, 1.54) is 11.3 Å². The van der Waals surface area contributed by atoms with Crippen molar-refractivity contribution in [3.05, 3.63) is 58.3 Å². The van der Waals surface area contributed by atoms with Crippen molar-refractivity contribution in [2.45, 2.75) is 25.7 Å². The fourth-order valence-electron chi connectivity index (χ4n) is 1.96. The number of rotatable bonds is 6. The number of amides is 1. The number of thiophene rings is 1. The predicted octanol–water partition coefficient (Wildman–Crippen LogP) is 2.71. The third kappa shape index (κ3) is 4.18. The Morgan fingerprint density at radius 2 is 1.82 bits per heavy atom. The number of carbonyl (C=O) groups is 1. The summed E-state index contributed by atoms with van der Waals surface area (Å²) in [5, 5.41) is 1.87. The number of hydrogen-bond donors (Lipinski definition) is 1. The summed E-state index contributed by atoms with van der Waals surface area (Å²) in [5.41, 5.74) is 0.0615. The molecule has 0 bridgehead atoms. The summed E-state index contributed by atoms with van der Waals surface area (Å²) in [4.78, 5) is 13.1. The molecule has 0 radical (unpaired) electrons. The molecular formula is C16H19NO3S2. The number of benzene rings is 1. The summed E-state index contributed by atoms with van der Waals surface area (Å²) >= 11 is 1.44. The normalized spacial score (nSPS) is 12.1. The number of sulfonamides is 1. The molecule has 4 nitrogen and oxygen atoms in total. The highest BCUT2D eigenvalue weighted by Gasteiger charge is 2.33. The van der Waals surface area contributed by atoms with E-state index < -0.39 is 21.3 Å². The van der Waals surface area contributed by atoms with Crippen molar-refractivity contribution >= 4 is 27.3 Å². The van der Waals surface area contributed by atoms with Crippen molar-refractivity contribution in [3.63, 3.8) is 0 Å². The molecule has 0 saturated carbocycles. The lowest BCUT2D eigenvalue weighted by Gasteiger charge is -2.22. The first-order valence-corrected chi connectivity index (χ1v) is 9.47. The lowest BCUT2D eigenvalue weighted by Crippen LogP contribution is -2.43. The summed E-state index contributed by atoms with van der Waals surface area (Å²) < 4.78 is 26.4. The van der Waals surface area contributed by atoms with Crippen LogP contribution in [-0.2, 0) is 26.7 Å². The average Bonchev–Trinajstić information content (AvgIpc) is 3.01. The van der Waals surface area contributed by atoms with Crippen LogP contribution in [0.3, 0.4) is 0 Å². The van der Waals surface area contributed by atoms with Gasteiger partial charge in [0.1, 0.15) is 0 Å². The Kier molecular flexibility index (Phi) is 5.03. The van der Waals surface area contributed by atoms with E-state index in [4.69, 9.17) is 0 Å². The van der Waals surface area contributed by atoms with Crippen LogP contribution in [0, 0.1) is 0 Å². The molecule has 22 heavy (non-hydrogen) atoms. The second kappa shape index (κ2) is 6.62. The molecule has 0 aliphatic carbocycles. The molecule has 0 fully saturated rings. The number of carbonyl (C=O) groups excluding carboxylic acids is 1. The lowest BCUT2D eigenvalue weighted by molar-refractivity contribution is -0.123. The van der Waals surface area contributed by atoms with Crippen molar-refractivity contribution in [2.24, 2.45) is 0 Å². The van der Waals surface area contributed by atoms with Crippen LogP contribution in [0.1, 0.15) is 24.3 Å². The molecular weight excluding hydrogens is 318 g/mol. The molecule has 2 rings (SSSR count). The van der Waals surface area contributed by atoms with Crippen LogP contribution in [0.4, 0.5) is 0 Å². The highest BCUT2D eigenvalue weighted by molar-refractivity contribution is 7.90. The van der Waals surface area contributed by atoms with E-state index in [1.807, 2.05) is 47.8 Å². The van der Waals surface area contributed by atoms with Gasteiger partial charge in [-0.05, 0) is 37.3 Å². The van der Waals surface area contributed by atoms with Crippen molar-refractivity contribution in [2.75, 3.05) is 5.75 Å². The first-order valence-electron chi connectivity index (χ1n) is 6.94. The maximum Gasteiger partial charge on any atom is 0.244 e. The minimum absolute atomic E-state index is 0.108. The maximum absolute atomic E-state index is 12.3. The van der Waals surface area contributed by atoms with Gasteiger partial charge in [-0.2, -0.15) is 0 Å². The molecule has 118 valence electrons. The highest BCUT2D eigenvalue weighted by atomic mass is 32.2. The van der Waals surface area contributed by atoms with Gasteiger partial charge in [-0.3, -0.25) is 9.52 Å². The fourth-order valence-corrected chi connectivity index (χ4v) is 3.96. The van der Waals surface area contributed by atoms with Gasteiger partial charge in [-0.25, -0.2) is 8.42 Å². The minimum atomic E-state index is -3.65. The monoisotopic (exact) mass is 337 g/mol. The van der Waals surface area contributed by atoms with E-state index >= 15 is 0 Å². The van der Waals surface area contributed by atoms with Crippen LogP contribution in [0.25, 0.3) is 0 Å². The van der Waals surface area contributed by atoms with E-state index in [0.29, 0.717) is 6.42 Å². The molecule has 6 heteroatoms. The van der Waals surface area contributed by atoms with Crippen molar-refractivity contribution in [3.8, 4) is 0 Å². The topological polar surface area (TPSA) is 63.2 Å². The Labute approximate surface area is 135 Å². The maximum atomic E-state index is 12.3. The van der Waals surface area contributed by atoms with Crippen LogP contribution in [0.5, 0.6) is 0 Å². The summed E-state index contributed by atoms with van der Waals surface area (Å²) in [5.74, 6) is -0.605. The Bertz CT molecular complexity index is 720. The van der Waals surface area contributed by atoms with E-state index in [-0.39, 0.29) is 5.75 Å². The Hall–Kier alpha value is -1.66. The Morgan fingerprint density at radius 3 is 2.41 bits per heavy atom. The molecule has 0 spiro atoms. The molecule has 1 N–H and O–H groups in total. The fraction of sp³-hybridized carbons (Fsp3) is 0.312. The van der Waals surface area contributed by atoms with Gasteiger partial charge in [0.2, 0.25) is 15.9 Å². The van der Waals surface area contributed by atoms with Gasteiger partial charge in [0.05, 0.1) is 11.2 Å². The van der Waals surface area contributed by atoms with E-state index in [0.717, 1.165) is 10.4 Å². The molecule has 0 aliphatic rings. The molecule has 1 aromatic carbocycles. The SMILES string of the molecule is CC(C)(C(=O)NS(=O)(=O)CCc1ccccc1)c1cccs1. The molecule has 1 heterocycles. The van der Waals surface area contributed by atoms with Crippen LogP contribution < -0.4 is 4.72 Å². The molecule has 0 saturated heterocycles. The molecule has 0 atom stereocenters. The first kappa shape index (κ1) is 16.7. The average molecular weight is 337 g/mol. The number of hydrogen-bond acceptors (Lipinski definition) is 4. The minimum Gasteiger partial charge on any atom is -0.273 e. The quantitative estimate of drug-likeness (QED) is 0.881. The zero-order chi connectivity index (χ0) is 16.2.